The van der Waals surface area contributed by atoms with E-state index in [0.717, 1.165) is 4.68 Å². The zero-order valence-corrected chi connectivity index (χ0v) is 22.4. The molecular formula is C25H21Cl2N5O5S. The number of hydrogen-bond acceptors (Lipinski definition) is 7. The van der Waals surface area contributed by atoms with E-state index in [1.165, 1.54) is 49.8 Å². The summed E-state index contributed by atoms with van der Waals surface area (Å²) in [7, 11) is -2.43. The van der Waals surface area contributed by atoms with Crippen LogP contribution in [0.3, 0.4) is 0 Å². The van der Waals surface area contributed by atoms with Gasteiger partial charge in [0, 0.05) is 24.5 Å². The van der Waals surface area contributed by atoms with Crippen LogP contribution in [0, 0.1) is 0 Å². The van der Waals surface area contributed by atoms with Gasteiger partial charge in [-0.05, 0) is 43.3 Å². The maximum Gasteiger partial charge on any atom is 0.323 e. The first-order valence-corrected chi connectivity index (χ1v) is 13.4. The van der Waals surface area contributed by atoms with E-state index < -0.39 is 21.4 Å². The minimum Gasteiger partial charge on any atom is -0.497 e. The van der Waals surface area contributed by atoms with Gasteiger partial charge in [-0.3, -0.25) is 9.78 Å². The summed E-state index contributed by atoms with van der Waals surface area (Å²) in [6, 6.07) is 12.9. The molecule has 0 fully saturated rings. The molecule has 0 unspecified atom stereocenters. The fourth-order valence-electron chi connectivity index (χ4n) is 3.51. The van der Waals surface area contributed by atoms with Crippen molar-refractivity contribution in [1.82, 2.24) is 14.8 Å². The van der Waals surface area contributed by atoms with Crippen molar-refractivity contribution in [3.05, 3.63) is 87.4 Å². The number of ether oxygens (including phenoxy) is 1. The van der Waals surface area contributed by atoms with Crippen molar-refractivity contribution >= 4 is 50.4 Å². The van der Waals surface area contributed by atoms with Crippen LogP contribution in [0.15, 0.2) is 81.6 Å². The molecule has 2 N–H and O–H groups in total. The predicted octanol–water partition coefficient (Wildman–Crippen LogP) is 5.12. The Kier molecular flexibility index (Phi) is 8.00. The molecule has 0 aliphatic rings. The largest absolute Gasteiger partial charge is 0.497 e. The molecule has 4 rings (SSSR count). The molecule has 0 spiro atoms. The number of anilines is 2. The molecule has 0 radical (unpaired) electrons. The van der Waals surface area contributed by atoms with E-state index in [-0.39, 0.29) is 43.4 Å². The van der Waals surface area contributed by atoms with Crippen LogP contribution < -0.4 is 20.9 Å². The zero-order valence-electron chi connectivity index (χ0n) is 20.1. The Morgan fingerprint density at radius 3 is 2.32 bits per heavy atom. The first-order valence-electron chi connectivity index (χ1n) is 11.1. The summed E-state index contributed by atoms with van der Waals surface area (Å²) in [5.41, 5.74) is 0.167. The molecule has 2 amide bonds. The third-order valence-corrected chi connectivity index (χ3v) is 7.73. The number of sulfone groups is 1. The van der Waals surface area contributed by atoms with E-state index in [4.69, 9.17) is 27.9 Å². The van der Waals surface area contributed by atoms with Crippen molar-refractivity contribution in [2.75, 3.05) is 17.7 Å². The molecule has 38 heavy (non-hydrogen) atoms. The number of methoxy groups -OCH3 is 1. The van der Waals surface area contributed by atoms with Crippen molar-refractivity contribution in [3.8, 4) is 17.0 Å². The molecular weight excluding hydrogens is 553 g/mol. The molecule has 10 nitrogen and oxygen atoms in total. The van der Waals surface area contributed by atoms with Gasteiger partial charge in [-0.15, -0.1) is 0 Å². The van der Waals surface area contributed by atoms with Crippen LogP contribution >= 0.6 is 23.2 Å². The Balaban J connectivity index is 1.70. The quantitative estimate of drug-likeness (QED) is 0.313. The number of pyridine rings is 1. The van der Waals surface area contributed by atoms with E-state index >= 15 is 0 Å². The lowest BCUT2D eigenvalue weighted by Gasteiger charge is -2.13. The van der Waals surface area contributed by atoms with Gasteiger partial charge in [0.1, 0.15) is 11.4 Å². The van der Waals surface area contributed by atoms with E-state index in [2.05, 4.69) is 20.7 Å². The summed E-state index contributed by atoms with van der Waals surface area (Å²) in [5.74, 6) is 0.405. The third kappa shape index (κ3) is 5.64. The number of halogens is 2. The summed E-state index contributed by atoms with van der Waals surface area (Å²) >= 11 is 12.1. The second kappa shape index (κ2) is 11.2. The van der Waals surface area contributed by atoms with Crippen molar-refractivity contribution < 1.29 is 17.9 Å². The van der Waals surface area contributed by atoms with E-state index in [0.29, 0.717) is 11.3 Å². The number of nitrogens with zero attached hydrogens (tertiary/aromatic N) is 3. The summed E-state index contributed by atoms with van der Waals surface area (Å²) in [6.07, 6.45) is 2.62. The SMILES string of the molecule is CCn1nc(-c2cccc(S(=O)(=O)c3cccc(OC)c3)c2)cc(NC(=O)Nc2c(Cl)cncc2Cl)c1=O. The maximum absolute atomic E-state index is 13.3. The highest BCUT2D eigenvalue weighted by atomic mass is 35.5. The van der Waals surface area contributed by atoms with E-state index in [1.54, 1.807) is 31.2 Å². The smallest absolute Gasteiger partial charge is 0.323 e. The predicted molar refractivity (Wildman–Crippen MR) is 145 cm³/mol. The lowest BCUT2D eigenvalue weighted by Crippen LogP contribution is -2.29. The Morgan fingerprint density at radius 2 is 1.66 bits per heavy atom. The van der Waals surface area contributed by atoms with Crippen LogP contribution in [-0.4, -0.2) is 36.3 Å². The average molecular weight is 574 g/mol. The monoisotopic (exact) mass is 573 g/mol. The number of benzene rings is 2. The molecule has 13 heteroatoms. The number of hydrogen-bond donors (Lipinski definition) is 2. The van der Waals surface area contributed by atoms with Crippen LogP contribution in [0.25, 0.3) is 11.3 Å². The van der Waals surface area contributed by atoms with Gasteiger partial charge in [-0.2, -0.15) is 5.10 Å². The van der Waals surface area contributed by atoms with Gasteiger partial charge in [0.25, 0.3) is 5.56 Å². The van der Waals surface area contributed by atoms with Gasteiger partial charge in [0.15, 0.2) is 0 Å². The molecule has 2 aromatic carbocycles. The van der Waals surface area contributed by atoms with Gasteiger partial charge in [0.2, 0.25) is 9.84 Å². The molecule has 2 aromatic heterocycles. The number of carbonyl (C=O) groups is 1. The summed E-state index contributed by atoms with van der Waals surface area (Å²) in [4.78, 5) is 29.4. The van der Waals surface area contributed by atoms with Gasteiger partial charge >= 0.3 is 6.03 Å². The van der Waals surface area contributed by atoms with Crippen molar-refractivity contribution in [3.63, 3.8) is 0 Å². The lowest BCUT2D eigenvalue weighted by molar-refractivity contribution is 0.262. The first-order chi connectivity index (χ1) is 18.1. The number of rotatable bonds is 7. The fourth-order valence-corrected chi connectivity index (χ4v) is 5.31. The Labute approximate surface area is 228 Å². The van der Waals surface area contributed by atoms with Crippen molar-refractivity contribution in [1.29, 1.82) is 0 Å². The molecule has 0 atom stereocenters. The van der Waals surface area contributed by atoms with Crippen LogP contribution in [0.2, 0.25) is 10.0 Å². The number of aromatic nitrogens is 3. The lowest BCUT2D eigenvalue weighted by atomic mass is 10.1. The summed E-state index contributed by atoms with van der Waals surface area (Å²) in [6.45, 7) is 1.91. The standard InChI is InChI=1S/C25H21Cl2N5O5S/c1-3-32-24(33)22(29-25(34)30-23-19(26)13-28-14-20(23)27)12-21(31-32)15-6-4-8-17(10-15)38(35,36)18-9-5-7-16(11-18)37-2/h4-14H,3H2,1-2H3,(H2,28,29,30,34). The average Bonchev–Trinajstić information content (AvgIpc) is 2.92. The Hall–Kier alpha value is -3.93. The maximum atomic E-state index is 13.3. The van der Waals surface area contributed by atoms with E-state index in [1.807, 2.05) is 0 Å². The number of carbonyl (C=O) groups excluding carboxylic acids is 1. The molecule has 0 aliphatic carbocycles. The number of nitrogens with one attached hydrogen (secondary N) is 2. The topological polar surface area (TPSA) is 132 Å². The van der Waals surface area contributed by atoms with Crippen molar-refractivity contribution in [2.45, 2.75) is 23.3 Å². The number of urea groups is 1. The minimum atomic E-state index is -3.88. The number of amides is 2. The van der Waals surface area contributed by atoms with Crippen LogP contribution in [-0.2, 0) is 16.4 Å². The normalized spacial score (nSPS) is 11.2. The first kappa shape index (κ1) is 27.1. The van der Waals surface area contributed by atoms with Crippen LogP contribution in [0.5, 0.6) is 5.75 Å². The highest BCUT2D eigenvalue weighted by Crippen LogP contribution is 2.30. The molecule has 196 valence electrons. The van der Waals surface area contributed by atoms with Gasteiger partial charge in [-0.25, -0.2) is 17.9 Å². The molecule has 4 aromatic rings. The van der Waals surface area contributed by atoms with Crippen LogP contribution in [0.1, 0.15) is 6.92 Å². The second-order valence-electron chi connectivity index (χ2n) is 7.83. The van der Waals surface area contributed by atoms with E-state index in [9.17, 15) is 18.0 Å². The molecule has 2 heterocycles. The summed E-state index contributed by atoms with van der Waals surface area (Å²) < 4.78 is 32.9. The molecule has 0 bridgehead atoms. The fraction of sp³-hybridized carbons (Fsp3) is 0.120. The van der Waals surface area contributed by atoms with Gasteiger partial charge in [0.05, 0.1) is 38.3 Å². The van der Waals surface area contributed by atoms with Crippen LogP contribution in [0.4, 0.5) is 16.2 Å². The van der Waals surface area contributed by atoms with Gasteiger partial charge < -0.3 is 15.4 Å². The highest BCUT2D eigenvalue weighted by molar-refractivity contribution is 7.91. The minimum absolute atomic E-state index is 0.0218. The van der Waals surface area contributed by atoms with Crippen molar-refractivity contribution in [2.24, 2.45) is 0 Å². The molecule has 0 aliphatic heterocycles. The van der Waals surface area contributed by atoms with Gasteiger partial charge in [-0.1, -0.05) is 41.4 Å². The zero-order chi connectivity index (χ0) is 27.4. The Morgan fingerprint density at radius 1 is 1.00 bits per heavy atom. The third-order valence-electron chi connectivity index (χ3n) is 5.41. The Bertz CT molecular complexity index is 1670. The molecule has 0 saturated carbocycles. The summed E-state index contributed by atoms with van der Waals surface area (Å²) in [5, 5.41) is 9.54. The highest BCUT2D eigenvalue weighted by Gasteiger charge is 2.20. The number of aryl methyl sites for hydroxylation is 1. The molecule has 0 saturated heterocycles. The second-order valence-corrected chi connectivity index (χ2v) is 10.6.